The summed E-state index contributed by atoms with van der Waals surface area (Å²) >= 11 is 0. The Hall–Kier alpha value is -1.42. The normalized spacial score (nSPS) is 12.5. The molecule has 3 nitrogen and oxygen atoms in total. The molecule has 1 aromatic carbocycles. The zero-order valence-corrected chi connectivity index (χ0v) is 8.62. The molecule has 0 saturated carbocycles. The van der Waals surface area contributed by atoms with E-state index < -0.39 is 12.1 Å². The van der Waals surface area contributed by atoms with Gasteiger partial charge in [0.1, 0.15) is 5.82 Å². The molecule has 0 aliphatic rings. The predicted octanol–water partition coefficient (Wildman–Crippen LogP) is 1.81. The van der Waals surface area contributed by atoms with E-state index in [1.165, 1.54) is 12.1 Å². The lowest BCUT2D eigenvalue weighted by Gasteiger charge is -2.11. The molecule has 2 N–H and O–H groups in total. The lowest BCUT2D eigenvalue weighted by Crippen LogP contribution is -2.12. The molecular weight excluding hydrogens is 199 g/mol. The molecule has 15 heavy (non-hydrogen) atoms. The van der Waals surface area contributed by atoms with Crippen LogP contribution in [0.5, 0.6) is 0 Å². The van der Waals surface area contributed by atoms with Crippen molar-refractivity contribution in [1.29, 1.82) is 0 Å². The van der Waals surface area contributed by atoms with Crippen LogP contribution in [0.4, 0.5) is 4.39 Å². The third-order valence-corrected chi connectivity index (χ3v) is 2.34. The Balaban J connectivity index is 3.24. The fraction of sp³-hybridized carbons (Fsp3) is 0.364. The first-order valence-corrected chi connectivity index (χ1v) is 4.67. The average Bonchev–Trinajstić information content (AvgIpc) is 2.17. The minimum absolute atomic E-state index is 0.251. The standard InChI is InChI=1S/C11H13FO3/c1-3-7-5-8(10(13)11(14)15)6(2)4-9(7)12/h4-5,10,13H,3H2,1-2H3,(H,14,15). The van der Waals surface area contributed by atoms with E-state index in [-0.39, 0.29) is 11.4 Å². The number of aliphatic carboxylic acids is 1. The summed E-state index contributed by atoms with van der Waals surface area (Å²) in [5.74, 6) is -1.69. The second-order valence-corrected chi connectivity index (χ2v) is 3.39. The van der Waals surface area contributed by atoms with Crippen LogP contribution in [0.3, 0.4) is 0 Å². The molecule has 82 valence electrons. The molecule has 0 aromatic heterocycles. The summed E-state index contributed by atoms with van der Waals surface area (Å²) in [6.07, 6.45) is -1.12. The van der Waals surface area contributed by atoms with Crippen molar-refractivity contribution in [3.63, 3.8) is 0 Å². The van der Waals surface area contributed by atoms with Gasteiger partial charge in [-0.05, 0) is 42.2 Å². The van der Waals surface area contributed by atoms with Crippen molar-refractivity contribution in [3.8, 4) is 0 Å². The first kappa shape index (κ1) is 11.7. The molecule has 1 unspecified atom stereocenters. The number of carboxylic acid groups (broad SMARTS) is 1. The third-order valence-electron chi connectivity index (χ3n) is 2.34. The van der Waals surface area contributed by atoms with Crippen molar-refractivity contribution >= 4 is 5.97 Å². The van der Waals surface area contributed by atoms with Crippen LogP contribution in [0.15, 0.2) is 12.1 Å². The third kappa shape index (κ3) is 2.33. The van der Waals surface area contributed by atoms with Gasteiger partial charge < -0.3 is 10.2 Å². The SMILES string of the molecule is CCc1cc(C(O)C(=O)O)c(C)cc1F. The maximum Gasteiger partial charge on any atom is 0.337 e. The molecule has 0 bridgehead atoms. The Morgan fingerprint density at radius 3 is 2.60 bits per heavy atom. The van der Waals surface area contributed by atoms with Gasteiger partial charge in [-0.15, -0.1) is 0 Å². The number of hydrogen-bond donors (Lipinski definition) is 2. The maximum atomic E-state index is 13.3. The highest BCUT2D eigenvalue weighted by Gasteiger charge is 2.19. The quantitative estimate of drug-likeness (QED) is 0.803. The van der Waals surface area contributed by atoms with Crippen LogP contribution in [-0.4, -0.2) is 16.2 Å². The van der Waals surface area contributed by atoms with E-state index in [0.29, 0.717) is 17.5 Å². The van der Waals surface area contributed by atoms with Crippen LogP contribution in [0, 0.1) is 12.7 Å². The number of benzene rings is 1. The molecule has 0 saturated heterocycles. The van der Waals surface area contributed by atoms with E-state index in [1.807, 2.05) is 0 Å². The van der Waals surface area contributed by atoms with Crippen molar-refractivity contribution in [2.45, 2.75) is 26.4 Å². The molecule has 4 heteroatoms. The lowest BCUT2D eigenvalue weighted by atomic mass is 9.99. The summed E-state index contributed by atoms with van der Waals surface area (Å²) in [6, 6.07) is 2.66. The summed E-state index contributed by atoms with van der Waals surface area (Å²) in [6.45, 7) is 3.34. The van der Waals surface area contributed by atoms with Crippen LogP contribution in [-0.2, 0) is 11.2 Å². The molecular formula is C11H13FO3. The molecule has 1 aromatic rings. The first-order valence-electron chi connectivity index (χ1n) is 4.67. The fourth-order valence-corrected chi connectivity index (χ4v) is 1.44. The molecule has 0 aliphatic heterocycles. The topological polar surface area (TPSA) is 57.5 Å². The Morgan fingerprint density at radius 1 is 1.53 bits per heavy atom. The second kappa shape index (κ2) is 4.40. The Labute approximate surface area is 87.2 Å². The Morgan fingerprint density at radius 2 is 2.13 bits per heavy atom. The summed E-state index contributed by atoms with van der Waals surface area (Å²) in [5, 5.41) is 18.0. The average molecular weight is 212 g/mol. The maximum absolute atomic E-state index is 13.3. The smallest absolute Gasteiger partial charge is 0.337 e. The number of hydrogen-bond acceptors (Lipinski definition) is 2. The predicted molar refractivity (Wildman–Crippen MR) is 53.1 cm³/mol. The lowest BCUT2D eigenvalue weighted by molar-refractivity contribution is -0.147. The van der Waals surface area contributed by atoms with Crippen molar-refractivity contribution in [1.82, 2.24) is 0 Å². The van der Waals surface area contributed by atoms with Crippen molar-refractivity contribution in [3.05, 3.63) is 34.6 Å². The molecule has 1 atom stereocenters. The molecule has 0 fully saturated rings. The van der Waals surface area contributed by atoms with Gasteiger partial charge >= 0.3 is 5.97 Å². The van der Waals surface area contributed by atoms with E-state index in [4.69, 9.17) is 5.11 Å². The van der Waals surface area contributed by atoms with Gasteiger partial charge in [0.2, 0.25) is 0 Å². The molecule has 0 amide bonds. The summed E-state index contributed by atoms with van der Waals surface area (Å²) in [7, 11) is 0. The van der Waals surface area contributed by atoms with Crippen LogP contribution < -0.4 is 0 Å². The molecule has 0 aliphatic carbocycles. The van der Waals surface area contributed by atoms with E-state index in [1.54, 1.807) is 13.8 Å². The number of halogens is 1. The van der Waals surface area contributed by atoms with Crippen LogP contribution >= 0.6 is 0 Å². The number of carboxylic acids is 1. The fourth-order valence-electron chi connectivity index (χ4n) is 1.44. The van der Waals surface area contributed by atoms with E-state index in [2.05, 4.69) is 0 Å². The van der Waals surface area contributed by atoms with E-state index in [0.717, 1.165) is 0 Å². The number of aryl methyl sites for hydroxylation is 2. The number of aliphatic hydroxyl groups excluding tert-OH is 1. The van der Waals surface area contributed by atoms with Gasteiger partial charge in [-0.1, -0.05) is 6.92 Å². The van der Waals surface area contributed by atoms with E-state index in [9.17, 15) is 14.3 Å². The minimum atomic E-state index is -1.59. The van der Waals surface area contributed by atoms with Crippen molar-refractivity contribution in [2.75, 3.05) is 0 Å². The molecule has 0 heterocycles. The van der Waals surface area contributed by atoms with Gasteiger partial charge in [0.05, 0.1) is 0 Å². The van der Waals surface area contributed by atoms with Crippen LogP contribution in [0.25, 0.3) is 0 Å². The summed E-state index contributed by atoms with van der Waals surface area (Å²) < 4.78 is 13.3. The highest BCUT2D eigenvalue weighted by molar-refractivity contribution is 5.74. The highest BCUT2D eigenvalue weighted by Crippen LogP contribution is 2.22. The minimum Gasteiger partial charge on any atom is -0.479 e. The van der Waals surface area contributed by atoms with Gasteiger partial charge in [0.25, 0.3) is 0 Å². The van der Waals surface area contributed by atoms with Crippen molar-refractivity contribution < 1.29 is 19.4 Å². The summed E-state index contributed by atoms with van der Waals surface area (Å²) in [5.41, 5.74) is 1.11. The Kier molecular flexibility index (Phi) is 3.42. The monoisotopic (exact) mass is 212 g/mol. The molecule has 1 rings (SSSR count). The number of rotatable bonds is 3. The largest absolute Gasteiger partial charge is 0.479 e. The molecule has 0 spiro atoms. The van der Waals surface area contributed by atoms with Crippen LogP contribution in [0.2, 0.25) is 0 Å². The highest BCUT2D eigenvalue weighted by atomic mass is 19.1. The van der Waals surface area contributed by atoms with Gasteiger partial charge in [-0.3, -0.25) is 0 Å². The number of carbonyl (C=O) groups is 1. The van der Waals surface area contributed by atoms with Gasteiger partial charge in [0.15, 0.2) is 6.10 Å². The van der Waals surface area contributed by atoms with Gasteiger partial charge in [0, 0.05) is 0 Å². The Bertz CT molecular complexity index is 388. The first-order chi connectivity index (χ1) is 6.97. The second-order valence-electron chi connectivity index (χ2n) is 3.39. The van der Waals surface area contributed by atoms with Crippen LogP contribution in [0.1, 0.15) is 29.7 Å². The molecule has 0 radical (unpaired) electrons. The van der Waals surface area contributed by atoms with E-state index >= 15 is 0 Å². The summed E-state index contributed by atoms with van der Waals surface area (Å²) in [4.78, 5) is 10.6. The van der Waals surface area contributed by atoms with Gasteiger partial charge in [-0.25, -0.2) is 9.18 Å². The van der Waals surface area contributed by atoms with Crippen molar-refractivity contribution in [2.24, 2.45) is 0 Å². The zero-order chi connectivity index (χ0) is 11.6. The van der Waals surface area contributed by atoms with Gasteiger partial charge in [-0.2, -0.15) is 0 Å². The number of aliphatic hydroxyl groups is 1. The zero-order valence-electron chi connectivity index (χ0n) is 8.62.